The summed E-state index contributed by atoms with van der Waals surface area (Å²) in [5.41, 5.74) is 0.671. The molecule has 1 aromatic rings. The van der Waals surface area contributed by atoms with Crippen LogP contribution in [0.1, 0.15) is 52.5 Å². The maximum Gasteiger partial charge on any atom is 0.247 e. The average molecular weight is 521 g/mol. The zero-order valence-corrected chi connectivity index (χ0v) is 22.9. The van der Waals surface area contributed by atoms with Gasteiger partial charge in [0.15, 0.2) is 0 Å². The van der Waals surface area contributed by atoms with Gasteiger partial charge in [-0.15, -0.1) is 0 Å². The number of fused-ring (bicyclic) bond motifs is 1. The van der Waals surface area contributed by atoms with Crippen molar-refractivity contribution in [2.45, 2.75) is 64.0 Å². The number of aliphatic hydroxyl groups is 1. The van der Waals surface area contributed by atoms with E-state index in [0.717, 1.165) is 6.42 Å². The molecule has 8 nitrogen and oxygen atoms in total. The molecular formula is C27H40N2O6S. The molecule has 200 valence electrons. The quantitative estimate of drug-likeness (QED) is 0.580. The van der Waals surface area contributed by atoms with Crippen molar-refractivity contribution in [3.05, 3.63) is 23.8 Å². The monoisotopic (exact) mass is 520 g/mol. The molecule has 9 heteroatoms. The summed E-state index contributed by atoms with van der Waals surface area (Å²) >= 11 is 0. The van der Waals surface area contributed by atoms with Crippen LogP contribution in [0.5, 0.6) is 5.75 Å². The summed E-state index contributed by atoms with van der Waals surface area (Å²) in [4.78, 5) is 14.8. The lowest BCUT2D eigenvalue weighted by Crippen LogP contribution is -2.50. The maximum absolute atomic E-state index is 13.6. The Hall–Kier alpha value is -2.12. The van der Waals surface area contributed by atoms with Crippen LogP contribution in [-0.2, 0) is 19.6 Å². The first kappa shape index (κ1) is 28.5. The van der Waals surface area contributed by atoms with E-state index in [1.807, 2.05) is 6.92 Å². The third-order valence-corrected chi connectivity index (χ3v) is 8.83. The van der Waals surface area contributed by atoms with Gasteiger partial charge in [0.25, 0.3) is 0 Å². The molecule has 1 aromatic carbocycles. The van der Waals surface area contributed by atoms with Crippen LogP contribution in [0, 0.1) is 29.6 Å². The molecule has 0 spiro atoms. The van der Waals surface area contributed by atoms with Gasteiger partial charge in [-0.3, -0.25) is 4.79 Å². The van der Waals surface area contributed by atoms with Gasteiger partial charge in [0.1, 0.15) is 16.7 Å². The average Bonchev–Trinajstić information content (AvgIpc) is 2.85. The van der Waals surface area contributed by atoms with Gasteiger partial charge in [-0.1, -0.05) is 32.6 Å². The Balaban J connectivity index is 1.96. The number of likely N-dealkylation sites (N-methyl/N-ethyl adjacent to an activating group) is 1. The van der Waals surface area contributed by atoms with Crippen LogP contribution in [0.3, 0.4) is 0 Å². The van der Waals surface area contributed by atoms with E-state index in [1.54, 1.807) is 31.0 Å². The Morgan fingerprint density at radius 3 is 2.58 bits per heavy atom. The van der Waals surface area contributed by atoms with Gasteiger partial charge in [-0.25, -0.2) is 8.42 Å². The number of ether oxygens (including phenoxy) is 2. The molecule has 3 atom stereocenters. The third-order valence-electron chi connectivity index (χ3n) is 6.81. The van der Waals surface area contributed by atoms with Crippen LogP contribution in [0.2, 0.25) is 0 Å². The van der Waals surface area contributed by atoms with Crippen LogP contribution >= 0.6 is 0 Å². The molecule has 36 heavy (non-hydrogen) atoms. The summed E-state index contributed by atoms with van der Waals surface area (Å²) < 4.78 is 40.3. The van der Waals surface area contributed by atoms with Gasteiger partial charge in [-0.2, -0.15) is 4.31 Å². The van der Waals surface area contributed by atoms with Crippen LogP contribution in [-0.4, -0.2) is 80.7 Å². The predicted octanol–water partition coefficient (Wildman–Crippen LogP) is 2.74. The molecule has 2 heterocycles. The Labute approximate surface area is 216 Å². The van der Waals surface area contributed by atoms with Crippen molar-refractivity contribution >= 4 is 15.9 Å². The first-order valence-electron chi connectivity index (χ1n) is 12.8. The number of hydrogen-bond donors (Lipinski definition) is 1. The van der Waals surface area contributed by atoms with E-state index < -0.39 is 22.2 Å². The SMILES string of the molecule is CC(C)CC#Cc1ccc2c(c1)O[C@@H](CN(C)C(=O)C1CCOCC1)[C@H](C)CN([C@H](C)CO)S2(=O)=O. The van der Waals surface area contributed by atoms with E-state index in [0.29, 0.717) is 44.1 Å². The van der Waals surface area contributed by atoms with Gasteiger partial charge in [0.05, 0.1) is 13.2 Å². The smallest absolute Gasteiger partial charge is 0.247 e. The van der Waals surface area contributed by atoms with Crippen molar-refractivity contribution in [1.82, 2.24) is 9.21 Å². The van der Waals surface area contributed by atoms with Gasteiger partial charge >= 0.3 is 0 Å². The summed E-state index contributed by atoms with van der Waals surface area (Å²) in [6.45, 7) is 9.15. The highest BCUT2D eigenvalue weighted by atomic mass is 32.2. The lowest BCUT2D eigenvalue weighted by Gasteiger charge is -2.38. The number of carbonyl (C=O) groups excluding carboxylic acids is 1. The van der Waals surface area contributed by atoms with Crippen molar-refractivity contribution in [3.63, 3.8) is 0 Å². The Bertz CT molecular complexity index is 1070. The zero-order chi connectivity index (χ0) is 26.5. The number of carbonyl (C=O) groups is 1. The van der Waals surface area contributed by atoms with Crippen molar-refractivity contribution in [3.8, 4) is 17.6 Å². The molecule has 2 aliphatic rings. The summed E-state index contributed by atoms with van der Waals surface area (Å²) in [5, 5.41) is 9.81. The molecule has 0 radical (unpaired) electrons. The molecule has 1 saturated heterocycles. The van der Waals surface area contributed by atoms with Crippen molar-refractivity contribution in [2.24, 2.45) is 17.8 Å². The minimum Gasteiger partial charge on any atom is -0.487 e. The lowest BCUT2D eigenvalue weighted by atomic mass is 9.97. The molecule has 1 amide bonds. The fourth-order valence-electron chi connectivity index (χ4n) is 4.49. The highest BCUT2D eigenvalue weighted by Crippen LogP contribution is 2.34. The second kappa shape index (κ2) is 12.4. The van der Waals surface area contributed by atoms with E-state index in [4.69, 9.17) is 9.47 Å². The third kappa shape index (κ3) is 6.80. The number of sulfonamides is 1. The molecule has 0 unspecified atom stereocenters. The number of nitrogens with zero attached hydrogens (tertiary/aromatic N) is 2. The van der Waals surface area contributed by atoms with E-state index in [9.17, 15) is 18.3 Å². The fourth-order valence-corrected chi connectivity index (χ4v) is 6.32. The summed E-state index contributed by atoms with van der Waals surface area (Å²) in [7, 11) is -2.15. The van der Waals surface area contributed by atoms with Crippen LogP contribution in [0.15, 0.2) is 23.1 Å². The number of aliphatic hydroxyl groups excluding tert-OH is 1. The molecule has 0 aliphatic carbocycles. The molecule has 1 N–H and O–H groups in total. The topological polar surface area (TPSA) is 96.4 Å². The number of hydrogen-bond acceptors (Lipinski definition) is 6. The van der Waals surface area contributed by atoms with Crippen LogP contribution in [0.4, 0.5) is 0 Å². The second-order valence-corrected chi connectivity index (χ2v) is 12.3. The molecular weight excluding hydrogens is 480 g/mol. The zero-order valence-electron chi connectivity index (χ0n) is 22.1. The van der Waals surface area contributed by atoms with E-state index in [2.05, 4.69) is 25.7 Å². The van der Waals surface area contributed by atoms with Crippen molar-refractivity contribution < 1.29 is 27.8 Å². The van der Waals surface area contributed by atoms with Gasteiger partial charge in [0.2, 0.25) is 15.9 Å². The first-order valence-corrected chi connectivity index (χ1v) is 14.2. The minimum absolute atomic E-state index is 0.0486. The molecule has 0 bridgehead atoms. The largest absolute Gasteiger partial charge is 0.487 e. The minimum atomic E-state index is -3.92. The van der Waals surface area contributed by atoms with E-state index in [1.165, 1.54) is 10.4 Å². The normalized spacial score (nSPS) is 23.4. The van der Waals surface area contributed by atoms with Crippen LogP contribution in [0.25, 0.3) is 0 Å². The number of amides is 1. The van der Waals surface area contributed by atoms with Crippen molar-refractivity contribution in [2.75, 3.05) is 40.0 Å². The van der Waals surface area contributed by atoms with Gasteiger partial charge < -0.3 is 19.5 Å². The molecule has 0 aromatic heterocycles. The standard InChI is InChI=1S/C27H40N2O6S/c1-19(2)7-6-8-22-9-10-26-24(15-22)35-25(17-28(5)27(31)23-11-13-34-14-12-23)20(3)16-29(21(4)18-30)36(26,32)33/h9-10,15,19-21,23,25,30H,7,11-14,16-18H2,1-5H3/t20-,21-,25+/m1/s1. The van der Waals surface area contributed by atoms with Crippen molar-refractivity contribution in [1.29, 1.82) is 0 Å². The Kier molecular flexibility index (Phi) is 9.81. The summed E-state index contributed by atoms with van der Waals surface area (Å²) in [5.74, 6) is 6.65. The van der Waals surface area contributed by atoms with Gasteiger partial charge in [-0.05, 0) is 43.9 Å². The summed E-state index contributed by atoms with van der Waals surface area (Å²) in [6, 6.07) is 4.30. The van der Waals surface area contributed by atoms with E-state index >= 15 is 0 Å². The highest BCUT2D eigenvalue weighted by Gasteiger charge is 2.38. The predicted molar refractivity (Wildman–Crippen MR) is 138 cm³/mol. The van der Waals surface area contributed by atoms with Crippen LogP contribution < -0.4 is 4.74 Å². The Morgan fingerprint density at radius 1 is 1.25 bits per heavy atom. The second-order valence-electron chi connectivity index (χ2n) is 10.4. The number of benzene rings is 1. The molecule has 0 saturated carbocycles. The lowest BCUT2D eigenvalue weighted by molar-refractivity contribution is -0.138. The highest BCUT2D eigenvalue weighted by molar-refractivity contribution is 7.89. The molecule has 1 fully saturated rings. The van der Waals surface area contributed by atoms with E-state index in [-0.39, 0.29) is 41.5 Å². The number of rotatable bonds is 6. The fraction of sp³-hybridized carbons (Fsp3) is 0.667. The van der Waals surface area contributed by atoms with Gasteiger partial charge in [0, 0.05) is 56.7 Å². The Morgan fingerprint density at radius 2 is 1.94 bits per heavy atom. The first-order chi connectivity index (χ1) is 17.0. The maximum atomic E-state index is 13.6. The summed E-state index contributed by atoms with van der Waals surface area (Å²) in [6.07, 6.45) is 1.69. The molecule has 3 rings (SSSR count). The molecule has 2 aliphatic heterocycles.